The lowest BCUT2D eigenvalue weighted by atomic mass is 10.1. The second kappa shape index (κ2) is 11.6. The zero-order valence-electron chi connectivity index (χ0n) is 18.8. The molecule has 0 unspecified atom stereocenters. The van der Waals surface area contributed by atoms with Crippen molar-refractivity contribution in [2.45, 2.75) is 27.1 Å². The number of nitrogens with one attached hydrogen (secondary N) is 1. The van der Waals surface area contributed by atoms with E-state index < -0.39 is 0 Å². The van der Waals surface area contributed by atoms with Crippen molar-refractivity contribution in [2.75, 3.05) is 19.1 Å². The lowest BCUT2D eigenvalue weighted by molar-refractivity contribution is 0.184. The van der Waals surface area contributed by atoms with E-state index >= 15 is 0 Å². The number of nitrogens with zero attached hydrogens (tertiary/aromatic N) is 3. The number of anilines is 1. The van der Waals surface area contributed by atoms with Crippen molar-refractivity contribution < 1.29 is 18.6 Å². The van der Waals surface area contributed by atoms with Crippen LogP contribution >= 0.6 is 0 Å². The van der Waals surface area contributed by atoms with E-state index in [2.05, 4.69) is 21.6 Å². The predicted octanol–water partition coefficient (Wildman–Crippen LogP) is 4.97. The summed E-state index contributed by atoms with van der Waals surface area (Å²) >= 11 is 0. The van der Waals surface area contributed by atoms with E-state index in [1.807, 2.05) is 19.9 Å². The Morgan fingerprint density at radius 3 is 2.64 bits per heavy atom. The number of halogens is 1. The molecule has 0 saturated carbocycles. The van der Waals surface area contributed by atoms with Crippen molar-refractivity contribution in [3.05, 3.63) is 82.3 Å². The Morgan fingerprint density at radius 1 is 1.09 bits per heavy atom. The minimum absolute atomic E-state index is 0.0848. The van der Waals surface area contributed by atoms with Gasteiger partial charge in [0.2, 0.25) is 0 Å². The standard InChI is InChI=1S/C25H25FN4O3/c1-4-32-24-12-18(9-10-23(24)33-16-19-7-5-6-8-22(19)26)14-28-30-25-21(13-27)20(15-31-3)11-17(2)29-25/h5-12,14H,4,15-16H2,1-3H3,(H,29,30)/b28-14+. The topological polar surface area (TPSA) is 88.8 Å². The number of methoxy groups -OCH3 is 1. The average molecular weight is 448 g/mol. The van der Waals surface area contributed by atoms with Gasteiger partial charge in [-0.3, -0.25) is 5.43 Å². The van der Waals surface area contributed by atoms with Gasteiger partial charge in [-0.05, 0) is 49.7 Å². The van der Waals surface area contributed by atoms with Gasteiger partial charge in [0.25, 0.3) is 0 Å². The van der Waals surface area contributed by atoms with Crippen LogP contribution in [0.2, 0.25) is 0 Å². The lowest BCUT2D eigenvalue weighted by Gasteiger charge is -2.13. The summed E-state index contributed by atoms with van der Waals surface area (Å²) < 4.78 is 30.5. The number of rotatable bonds is 10. The second-order valence-corrected chi connectivity index (χ2v) is 7.08. The van der Waals surface area contributed by atoms with Gasteiger partial charge in [0.15, 0.2) is 17.3 Å². The Hall–Kier alpha value is -3.96. The van der Waals surface area contributed by atoms with E-state index in [1.165, 1.54) is 6.07 Å². The van der Waals surface area contributed by atoms with Crippen LogP contribution < -0.4 is 14.9 Å². The molecule has 8 heteroatoms. The summed E-state index contributed by atoms with van der Waals surface area (Å²) in [7, 11) is 1.57. The number of aromatic nitrogens is 1. The van der Waals surface area contributed by atoms with Gasteiger partial charge < -0.3 is 14.2 Å². The number of aryl methyl sites for hydroxylation is 1. The highest BCUT2D eigenvalue weighted by Gasteiger charge is 2.11. The van der Waals surface area contributed by atoms with E-state index in [4.69, 9.17) is 14.2 Å². The zero-order valence-corrected chi connectivity index (χ0v) is 18.8. The summed E-state index contributed by atoms with van der Waals surface area (Å²) in [6.45, 7) is 4.53. The highest BCUT2D eigenvalue weighted by atomic mass is 19.1. The third-order valence-electron chi connectivity index (χ3n) is 4.63. The molecule has 0 fully saturated rings. The summed E-state index contributed by atoms with van der Waals surface area (Å²) in [6.07, 6.45) is 1.59. The molecule has 0 saturated heterocycles. The van der Waals surface area contributed by atoms with E-state index in [0.717, 1.165) is 16.8 Å². The molecule has 0 aliphatic rings. The quantitative estimate of drug-likeness (QED) is 0.348. The smallest absolute Gasteiger partial charge is 0.164 e. The summed E-state index contributed by atoms with van der Waals surface area (Å²) in [5.74, 6) is 1.06. The summed E-state index contributed by atoms with van der Waals surface area (Å²) in [5.41, 5.74) is 5.90. The summed E-state index contributed by atoms with van der Waals surface area (Å²) in [5, 5.41) is 13.7. The van der Waals surface area contributed by atoms with Crippen LogP contribution in [-0.2, 0) is 18.0 Å². The lowest BCUT2D eigenvalue weighted by Crippen LogP contribution is -2.04. The van der Waals surface area contributed by atoms with Gasteiger partial charge in [-0.15, -0.1) is 0 Å². The Morgan fingerprint density at radius 2 is 1.91 bits per heavy atom. The minimum atomic E-state index is -0.319. The van der Waals surface area contributed by atoms with Gasteiger partial charge in [0.05, 0.1) is 19.4 Å². The molecule has 1 heterocycles. The van der Waals surface area contributed by atoms with Crippen molar-refractivity contribution in [1.29, 1.82) is 5.26 Å². The first-order valence-electron chi connectivity index (χ1n) is 10.4. The minimum Gasteiger partial charge on any atom is -0.490 e. The number of hydrazone groups is 1. The van der Waals surface area contributed by atoms with Crippen LogP contribution in [0, 0.1) is 24.1 Å². The van der Waals surface area contributed by atoms with Crippen molar-refractivity contribution in [3.63, 3.8) is 0 Å². The van der Waals surface area contributed by atoms with Gasteiger partial charge in [-0.25, -0.2) is 9.37 Å². The maximum Gasteiger partial charge on any atom is 0.164 e. The SMILES string of the molecule is CCOc1cc(/C=N/Nc2nc(C)cc(COC)c2C#N)ccc1OCc1ccccc1F. The number of benzene rings is 2. The molecule has 0 aliphatic carbocycles. The predicted molar refractivity (Wildman–Crippen MR) is 124 cm³/mol. The highest BCUT2D eigenvalue weighted by Crippen LogP contribution is 2.29. The zero-order chi connectivity index (χ0) is 23.6. The Kier molecular flexibility index (Phi) is 8.33. The molecule has 3 rings (SSSR count). The van der Waals surface area contributed by atoms with Crippen LogP contribution in [0.4, 0.5) is 10.2 Å². The molecule has 1 N–H and O–H groups in total. The molecule has 170 valence electrons. The molecule has 0 amide bonds. The van der Waals surface area contributed by atoms with Crippen LogP contribution in [0.1, 0.15) is 34.9 Å². The second-order valence-electron chi connectivity index (χ2n) is 7.08. The first-order chi connectivity index (χ1) is 16.0. The summed E-state index contributed by atoms with van der Waals surface area (Å²) in [6, 6.07) is 15.7. The highest BCUT2D eigenvalue weighted by molar-refractivity contribution is 5.81. The van der Waals surface area contributed by atoms with E-state index in [-0.39, 0.29) is 12.4 Å². The fraction of sp³-hybridized carbons (Fsp3) is 0.240. The number of nitriles is 1. The molecule has 0 bridgehead atoms. The fourth-order valence-electron chi connectivity index (χ4n) is 3.15. The van der Waals surface area contributed by atoms with Crippen LogP contribution in [0.5, 0.6) is 11.5 Å². The molecule has 0 spiro atoms. The maximum absolute atomic E-state index is 13.9. The van der Waals surface area contributed by atoms with Crippen LogP contribution in [0.25, 0.3) is 0 Å². The normalized spacial score (nSPS) is 10.8. The molecule has 0 aliphatic heterocycles. The number of ether oxygens (including phenoxy) is 3. The largest absolute Gasteiger partial charge is 0.490 e. The van der Waals surface area contributed by atoms with Gasteiger partial charge >= 0.3 is 0 Å². The number of pyridine rings is 1. The van der Waals surface area contributed by atoms with Crippen molar-refractivity contribution >= 4 is 12.0 Å². The molecule has 1 aromatic heterocycles. The first-order valence-corrected chi connectivity index (χ1v) is 10.4. The van der Waals surface area contributed by atoms with Crippen molar-refractivity contribution in [1.82, 2.24) is 4.98 Å². The van der Waals surface area contributed by atoms with Crippen molar-refractivity contribution in [2.24, 2.45) is 5.10 Å². The van der Waals surface area contributed by atoms with Gasteiger partial charge in [-0.2, -0.15) is 10.4 Å². The van der Waals surface area contributed by atoms with Gasteiger partial charge in [-0.1, -0.05) is 18.2 Å². The van der Waals surface area contributed by atoms with E-state index in [1.54, 1.807) is 49.7 Å². The van der Waals surface area contributed by atoms with Crippen LogP contribution in [-0.4, -0.2) is 24.9 Å². The molecule has 0 atom stereocenters. The van der Waals surface area contributed by atoms with Crippen LogP contribution in [0.3, 0.4) is 0 Å². The molecule has 33 heavy (non-hydrogen) atoms. The van der Waals surface area contributed by atoms with Gasteiger partial charge in [0, 0.05) is 23.9 Å². The molecule has 3 aromatic rings. The van der Waals surface area contributed by atoms with Crippen LogP contribution in [0.15, 0.2) is 53.6 Å². The van der Waals surface area contributed by atoms with Crippen molar-refractivity contribution in [3.8, 4) is 17.6 Å². The monoisotopic (exact) mass is 448 g/mol. The molecular formula is C25H25FN4O3. The Labute approximate surface area is 192 Å². The molecule has 7 nitrogen and oxygen atoms in total. The first kappa shape index (κ1) is 23.7. The summed E-state index contributed by atoms with van der Waals surface area (Å²) in [4.78, 5) is 4.36. The molecule has 2 aromatic carbocycles. The Balaban J connectivity index is 1.76. The molecule has 0 radical (unpaired) electrons. The van der Waals surface area contributed by atoms with E-state index in [9.17, 15) is 9.65 Å². The van der Waals surface area contributed by atoms with Gasteiger partial charge in [0.1, 0.15) is 24.1 Å². The number of hydrogen-bond acceptors (Lipinski definition) is 7. The Bertz CT molecular complexity index is 1170. The maximum atomic E-state index is 13.9. The third-order valence-corrected chi connectivity index (χ3v) is 4.63. The fourth-order valence-corrected chi connectivity index (χ4v) is 3.15. The average Bonchev–Trinajstić information content (AvgIpc) is 2.80. The molecular weight excluding hydrogens is 423 g/mol. The van der Waals surface area contributed by atoms with E-state index in [0.29, 0.717) is 41.7 Å². The third kappa shape index (κ3) is 6.28. The number of hydrogen-bond donors (Lipinski definition) is 1.